The van der Waals surface area contributed by atoms with Crippen molar-refractivity contribution in [3.8, 4) is 11.5 Å². The number of nitrogens with one attached hydrogen (secondary N) is 2. The monoisotopic (exact) mass is 463 g/mol. The van der Waals surface area contributed by atoms with E-state index in [1.54, 1.807) is 27.2 Å². The second kappa shape index (κ2) is 11.0. The molecule has 3 aromatic rings. The second-order valence-electron chi connectivity index (χ2n) is 6.57. The molecule has 2 aromatic heterocycles. The molecular weight excluding hydrogens is 438 g/mol. The zero-order valence-electron chi connectivity index (χ0n) is 17.8. The van der Waals surface area contributed by atoms with Crippen LogP contribution in [0.5, 0.6) is 11.5 Å². The van der Waals surface area contributed by atoms with Crippen LogP contribution in [0.2, 0.25) is 0 Å². The minimum absolute atomic E-state index is 0.140. The maximum atomic E-state index is 12.5. The van der Waals surface area contributed by atoms with E-state index in [0.29, 0.717) is 41.2 Å². The largest absolute Gasteiger partial charge is 0.493 e. The molecule has 0 saturated heterocycles. The number of methoxy groups -OCH3 is 2. The van der Waals surface area contributed by atoms with Crippen molar-refractivity contribution in [2.24, 2.45) is 0 Å². The Bertz CT molecular complexity index is 1010. The average molecular weight is 464 g/mol. The summed E-state index contributed by atoms with van der Waals surface area (Å²) in [7, 11) is 3.24. The Kier molecular flexibility index (Phi) is 8.13. The van der Waals surface area contributed by atoms with Gasteiger partial charge >= 0.3 is 0 Å². The first-order valence-corrected chi connectivity index (χ1v) is 11.4. The number of aromatic nitrogens is 3. The number of hydrogen-bond acceptors (Lipinski definition) is 10. The van der Waals surface area contributed by atoms with Gasteiger partial charge in [-0.1, -0.05) is 41.2 Å². The van der Waals surface area contributed by atoms with Crippen LogP contribution >= 0.6 is 23.1 Å². The number of nitrogens with zero attached hydrogens (tertiary/aromatic N) is 3. The summed E-state index contributed by atoms with van der Waals surface area (Å²) in [5.74, 6) is 2.33. The number of anilines is 2. The molecule has 9 nitrogen and oxygen atoms in total. The van der Waals surface area contributed by atoms with Crippen molar-refractivity contribution in [1.82, 2.24) is 15.4 Å². The molecule has 0 radical (unpaired) electrons. The molecule has 0 spiro atoms. The van der Waals surface area contributed by atoms with Gasteiger partial charge in [-0.2, -0.15) is 0 Å². The molecule has 2 heterocycles. The van der Waals surface area contributed by atoms with Crippen molar-refractivity contribution in [2.45, 2.75) is 36.3 Å². The molecule has 0 aliphatic rings. The molecule has 0 aliphatic carbocycles. The lowest BCUT2D eigenvalue weighted by Crippen LogP contribution is -2.24. The van der Waals surface area contributed by atoms with Crippen LogP contribution < -0.4 is 20.1 Å². The van der Waals surface area contributed by atoms with E-state index in [1.807, 2.05) is 25.1 Å². The number of rotatable bonds is 11. The maximum absolute atomic E-state index is 12.5. The van der Waals surface area contributed by atoms with E-state index in [0.717, 1.165) is 16.3 Å². The van der Waals surface area contributed by atoms with Gasteiger partial charge < -0.3 is 24.6 Å². The van der Waals surface area contributed by atoms with Crippen LogP contribution in [-0.2, 0) is 11.2 Å². The highest BCUT2D eigenvalue weighted by Gasteiger charge is 2.21. The fourth-order valence-electron chi connectivity index (χ4n) is 2.75. The first-order chi connectivity index (χ1) is 15.0. The van der Waals surface area contributed by atoms with Gasteiger partial charge in [-0.25, -0.2) is 0 Å². The molecule has 1 aromatic carbocycles. The molecule has 1 amide bonds. The van der Waals surface area contributed by atoms with Crippen LogP contribution in [0.15, 0.2) is 33.1 Å². The lowest BCUT2D eigenvalue weighted by atomic mass is 10.1. The number of hydrogen-bond donors (Lipinski definition) is 2. The zero-order chi connectivity index (χ0) is 22.2. The van der Waals surface area contributed by atoms with E-state index in [4.69, 9.17) is 14.0 Å². The normalized spacial score (nSPS) is 11.7. The number of benzene rings is 1. The van der Waals surface area contributed by atoms with Crippen LogP contribution in [-0.4, -0.2) is 47.3 Å². The quantitative estimate of drug-likeness (QED) is 0.407. The highest BCUT2D eigenvalue weighted by atomic mass is 32.2. The molecule has 0 bridgehead atoms. The van der Waals surface area contributed by atoms with Crippen molar-refractivity contribution < 1.29 is 18.8 Å². The molecule has 2 N–H and O–H groups in total. The molecule has 0 aliphatic heterocycles. The summed E-state index contributed by atoms with van der Waals surface area (Å²) >= 11 is 2.81. The maximum Gasteiger partial charge on any atom is 0.239 e. The lowest BCUT2D eigenvalue weighted by Gasteiger charge is -2.11. The van der Waals surface area contributed by atoms with Gasteiger partial charge in [0, 0.05) is 12.6 Å². The highest BCUT2D eigenvalue weighted by molar-refractivity contribution is 8.02. The Balaban J connectivity index is 1.50. The molecule has 11 heteroatoms. The van der Waals surface area contributed by atoms with E-state index >= 15 is 0 Å². The van der Waals surface area contributed by atoms with Crippen molar-refractivity contribution >= 4 is 40.0 Å². The van der Waals surface area contributed by atoms with Crippen LogP contribution in [0.3, 0.4) is 0 Å². The topological polar surface area (TPSA) is 111 Å². The number of aryl methyl sites for hydroxylation is 1. The summed E-state index contributed by atoms with van der Waals surface area (Å²) in [4.78, 5) is 12.5. The summed E-state index contributed by atoms with van der Waals surface area (Å²) in [6.07, 6.45) is 1.44. The average Bonchev–Trinajstić information content (AvgIpc) is 3.40. The number of amides is 1. The molecule has 0 fully saturated rings. The Hall–Kier alpha value is -2.79. The minimum Gasteiger partial charge on any atom is -0.493 e. The Labute approximate surface area is 188 Å². The fraction of sp³-hybridized carbons (Fsp3) is 0.400. The van der Waals surface area contributed by atoms with Gasteiger partial charge in [-0.15, -0.1) is 10.2 Å². The summed E-state index contributed by atoms with van der Waals surface area (Å²) in [5.41, 5.74) is 1.12. The Morgan fingerprint density at radius 1 is 1.23 bits per heavy atom. The smallest absolute Gasteiger partial charge is 0.239 e. The summed E-state index contributed by atoms with van der Waals surface area (Å²) in [6.45, 7) is 4.42. The molecule has 3 rings (SSSR count). The number of ether oxygens (including phenoxy) is 2. The van der Waals surface area contributed by atoms with Gasteiger partial charge in [0.2, 0.25) is 11.0 Å². The van der Waals surface area contributed by atoms with Crippen molar-refractivity contribution in [2.75, 3.05) is 31.4 Å². The van der Waals surface area contributed by atoms with Crippen LogP contribution in [0.4, 0.5) is 10.9 Å². The van der Waals surface area contributed by atoms with Gasteiger partial charge in [-0.3, -0.25) is 4.79 Å². The lowest BCUT2D eigenvalue weighted by molar-refractivity contribution is -0.115. The van der Waals surface area contributed by atoms with Crippen LogP contribution in [0, 0.1) is 6.92 Å². The Morgan fingerprint density at radius 2 is 2.03 bits per heavy atom. The molecule has 1 unspecified atom stereocenters. The molecule has 0 saturated carbocycles. The predicted molar refractivity (Wildman–Crippen MR) is 121 cm³/mol. The highest BCUT2D eigenvalue weighted by Crippen LogP contribution is 2.31. The van der Waals surface area contributed by atoms with Crippen molar-refractivity contribution in [3.05, 3.63) is 35.6 Å². The van der Waals surface area contributed by atoms with E-state index in [9.17, 15) is 4.79 Å². The van der Waals surface area contributed by atoms with Crippen molar-refractivity contribution in [1.29, 1.82) is 0 Å². The molecule has 166 valence electrons. The summed E-state index contributed by atoms with van der Waals surface area (Å²) in [6, 6.07) is 7.54. The number of carbonyl (C=O) groups excluding carboxylic acids is 1. The van der Waals surface area contributed by atoms with E-state index in [1.165, 1.54) is 23.1 Å². The van der Waals surface area contributed by atoms with Crippen molar-refractivity contribution in [3.63, 3.8) is 0 Å². The summed E-state index contributed by atoms with van der Waals surface area (Å²) in [5, 5.41) is 18.6. The number of carbonyl (C=O) groups is 1. The molecule has 1 atom stereocenters. The second-order valence-corrected chi connectivity index (χ2v) is 8.99. The van der Waals surface area contributed by atoms with Crippen LogP contribution in [0.25, 0.3) is 0 Å². The summed E-state index contributed by atoms with van der Waals surface area (Å²) < 4.78 is 16.3. The standard InChI is InChI=1S/C20H25N5O4S2/c1-5-16(18(26)22-17-10-12(2)29-25-17)30-20-24-23-19(31-20)21-9-8-13-6-7-14(27-3)15(11-13)28-4/h6-7,10-11,16H,5,8-9H2,1-4H3,(H,21,23)(H,22,25,26). The fourth-order valence-corrected chi connectivity index (χ4v) is 4.70. The third kappa shape index (κ3) is 6.34. The van der Waals surface area contributed by atoms with Gasteiger partial charge in [0.05, 0.1) is 19.5 Å². The minimum atomic E-state index is -0.301. The first-order valence-electron chi connectivity index (χ1n) is 9.71. The zero-order valence-corrected chi connectivity index (χ0v) is 19.4. The van der Waals surface area contributed by atoms with Gasteiger partial charge in [0.15, 0.2) is 21.7 Å². The van der Waals surface area contributed by atoms with Gasteiger partial charge in [-0.05, 0) is 37.5 Å². The van der Waals surface area contributed by atoms with Crippen LogP contribution in [0.1, 0.15) is 24.7 Å². The van der Waals surface area contributed by atoms with Gasteiger partial charge in [0.1, 0.15) is 5.76 Å². The third-order valence-electron chi connectivity index (χ3n) is 4.33. The Morgan fingerprint density at radius 3 is 2.71 bits per heavy atom. The first kappa shape index (κ1) is 22.9. The molecular formula is C20H25N5O4S2. The number of thioether (sulfide) groups is 1. The SMILES string of the molecule is CCC(Sc1nnc(NCCc2ccc(OC)c(OC)c2)s1)C(=O)Nc1cc(C)on1. The van der Waals surface area contributed by atoms with E-state index in [-0.39, 0.29) is 11.2 Å². The molecule has 31 heavy (non-hydrogen) atoms. The van der Waals surface area contributed by atoms with Gasteiger partial charge in [0.25, 0.3) is 0 Å². The van der Waals surface area contributed by atoms with E-state index < -0.39 is 0 Å². The van der Waals surface area contributed by atoms with E-state index in [2.05, 4.69) is 26.0 Å². The third-order valence-corrected chi connectivity index (χ3v) is 6.66. The predicted octanol–water partition coefficient (Wildman–Crippen LogP) is 4.02.